The van der Waals surface area contributed by atoms with Gasteiger partial charge in [-0.1, -0.05) is 0 Å². The van der Waals surface area contributed by atoms with Crippen LogP contribution in [0.1, 0.15) is 83.5 Å². The molecule has 0 amide bonds. The molecule has 7 nitrogen and oxygen atoms in total. The summed E-state index contributed by atoms with van der Waals surface area (Å²) in [6.07, 6.45) is 18.6. The Morgan fingerprint density at radius 2 is 0.857 bits per heavy atom. The molecule has 0 radical (unpaired) electrons. The van der Waals surface area contributed by atoms with Gasteiger partial charge in [-0.25, -0.2) is 0 Å². The maximum absolute atomic E-state index is 6.23. The van der Waals surface area contributed by atoms with E-state index < -0.39 is 0 Å². The van der Waals surface area contributed by atoms with E-state index in [1.165, 1.54) is 77.0 Å². The highest BCUT2D eigenvalue weighted by atomic mass is 16.6. The fourth-order valence-corrected chi connectivity index (χ4v) is 6.84. The quantitative estimate of drug-likeness (QED) is 0.361. The predicted molar refractivity (Wildman–Crippen MR) is 132 cm³/mol. The molecular weight excluding hydrogens is 446 g/mol. The predicted octanol–water partition coefficient (Wildman–Crippen LogP) is 3.86. The lowest BCUT2D eigenvalue weighted by Crippen LogP contribution is -2.53. The molecule has 6 aliphatic rings. The summed E-state index contributed by atoms with van der Waals surface area (Å²) in [5, 5.41) is 0. The fraction of sp³-hybridized carbons (Fsp3) is 1.00. The second-order valence-corrected chi connectivity index (χ2v) is 11.9. The normalized spacial score (nSPS) is 43.3. The first-order valence-electron chi connectivity index (χ1n) is 14.8. The zero-order valence-corrected chi connectivity index (χ0v) is 21.5. The second-order valence-electron chi connectivity index (χ2n) is 11.9. The summed E-state index contributed by atoms with van der Waals surface area (Å²) < 4.78 is 34.6. The summed E-state index contributed by atoms with van der Waals surface area (Å²) in [6, 6.07) is 2.14. The van der Waals surface area contributed by atoms with E-state index in [1.54, 1.807) is 0 Å². The molecule has 0 aromatic carbocycles. The fourth-order valence-electron chi connectivity index (χ4n) is 6.84. The topological polar surface area (TPSA) is 68.5 Å². The molecule has 0 aromatic rings. The maximum atomic E-state index is 6.23. The van der Waals surface area contributed by atoms with Crippen LogP contribution in [0.15, 0.2) is 0 Å². The Kier molecular flexibility index (Phi) is 8.62. The molecule has 0 spiro atoms. The van der Waals surface area contributed by atoms with Crippen molar-refractivity contribution < 1.29 is 28.4 Å². The first-order chi connectivity index (χ1) is 17.3. The van der Waals surface area contributed by atoms with Crippen molar-refractivity contribution in [2.45, 2.75) is 138 Å². The van der Waals surface area contributed by atoms with Crippen molar-refractivity contribution in [2.75, 3.05) is 39.6 Å². The lowest BCUT2D eigenvalue weighted by molar-refractivity contribution is -0.0565. The van der Waals surface area contributed by atoms with Crippen LogP contribution in [-0.2, 0) is 28.4 Å². The Morgan fingerprint density at radius 3 is 1.23 bits per heavy atom. The molecule has 0 bridgehead atoms. The Labute approximate surface area is 211 Å². The van der Waals surface area contributed by atoms with Gasteiger partial charge < -0.3 is 28.4 Å². The molecule has 3 aliphatic heterocycles. The first-order valence-corrected chi connectivity index (χ1v) is 14.8. The first kappa shape index (κ1) is 25.0. The molecule has 3 atom stereocenters. The standard InChI is InChI=1S/C28H47NO6/c1-7-23(30-14-13-26-15-33-26)8-2-20(1)29(21-3-9-24(10-4-21)31-16-27-18-34-27)22-5-11-25(12-6-22)32-17-28-19-35-28/h20-28H,1-19H2. The van der Waals surface area contributed by atoms with E-state index in [9.17, 15) is 0 Å². The van der Waals surface area contributed by atoms with Gasteiger partial charge in [0.15, 0.2) is 0 Å². The third-order valence-electron chi connectivity index (χ3n) is 9.23. The van der Waals surface area contributed by atoms with Gasteiger partial charge in [-0.05, 0) is 83.5 Å². The van der Waals surface area contributed by atoms with Crippen molar-refractivity contribution in [3.63, 3.8) is 0 Å². The van der Waals surface area contributed by atoms with E-state index >= 15 is 0 Å². The number of rotatable bonds is 13. The molecule has 3 aliphatic carbocycles. The van der Waals surface area contributed by atoms with Gasteiger partial charge in [0.2, 0.25) is 0 Å². The highest BCUT2D eigenvalue weighted by Crippen LogP contribution is 2.38. The Bertz CT molecular complexity index is 593. The van der Waals surface area contributed by atoms with Crippen molar-refractivity contribution >= 4 is 0 Å². The molecular formula is C28H47NO6. The minimum atomic E-state index is 0.377. The molecule has 6 fully saturated rings. The minimum Gasteiger partial charge on any atom is -0.378 e. The summed E-state index contributed by atoms with van der Waals surface area (Å²) in [7, 11) is 0. The molecule has 35 heavy (non-hydrogen) atoms. The summed E-state index contributed by atoms with van der Waals surface area (Å²) in [4.78, 5) is 3.01. The zero-order valence-electron chi connectivity index (χ0n) is 21.5. The van der Waals surface area contributed by atoms with E-state index in [1.807, 2.05) is 0 Å². The van der Waals surface area contributed by atoms with Crippen LogP contribution in [0.25, 0.3) is 0 Å². The number of epoxide rings is 3. The Balaban J connectivity index is 1.00. The van der Waals surface area contributed by atoms with E-state index in [0.717, 1.165) is 46.1 Å². The molecule has 3 saturated carbocycles. The van der Waals surface area contributed by atoms with Crippen LogP contribution in [-0.4, -0.2) is 99.3 Å². The molecule has 200 valence electrons. The molecule has 0 N–H and O–H groups in total. The lowest BCUT2D eigenvalue weighted by atomic mass is 9.82. The van der Waals surface area contributed by atoms with Gasteiger partial charge in [0, 0.05) is 24.7 Å². The summed E-state index contributed by atoms with van der Waals surface area (Å²) in [5.74, 6) is 0. The van der Waals surface area contributed by atoms with E-state index in [-0.39, 0.29) is 0 Å². The SMILES string of the molecule is C(CC1CO1)OC1CCC(N(C2CCC(OCC3CO3)CC2)C2CCC(OCC3CO3)CC2)CC1. The van der Waals surface area contributed by atoms with Crippen molar-refractivity contribution in [3.8, 4) is 0 Å². The summed E-state index contributed by atoms with van der Waals surface area (Å²) >= 11 is 0. The van der Waals surface area contributed by atoms with Gasteiger partial charge in [0.05, 0.1) is 57.5 Å². The largest absolute Gasteiger partial charge is 0.378 e. The lowest BCUT2D eigenvalue weighted by Gasteiger charge is -2.49. The Morgan fingerprint density at radius 1 is 0.486 bits per heavy atom. The summed E-state index contributed by atoms with van der Waals surface area (Å²) in [5.41, 5.74) is 0. The van der Waals surface area contributed by atoms with Crippen LogP contribution in [0.4, 0.5) is 0 Å². The van der Waals surface area contributed by atoms with Crippen molar-refractivity contribution in [1.82, 2.24) is 4.90 Å². The van der Waals surface area contributed by atoms with Crippen LogP contribution < -0.4 is 0 Å². The number of nitrogens with zero attached hydrogens (tertiary/aromatic N) is 1. The number of ether oxygens (including phenoxy) is 6. The third kappa shape index (κ3) is 7.62. The maximum Gasteiger partial charge on any atom is 0.104 e. The van der Waals surface area contributed by atoms with Gasteiger partial charge in [-0.15, -0.1) is 0 Å². The van der Waals surface area contributed by atoms with Gasteiger partial charge in [0.1, 0.15) is 12.2 Å². The average molecular weight is 494 g/mol. The van der Waals surface area contributed by atoms with Crippen LogP contribution in [0.5, 0.6) is 0 Å². The van der Waals surface area contributed by atoms with Crippen LogP contribution in [0, 0.1) is 0 Å². The molecule has 0 aromatic heterocycles. The third-order valence-corrected chi connectivity index (χ3v) is 9.23. The monoisotopic (exact) mass is 493 g/mol. The van der Waals surface area contributed by atoms with E-state index in [0.29, 0.717) is 54.7 Å². The van der Waals surface area contributed by atoms with E-state index in [4.69, 9.17) is 28.4 Å². The second kappa shape index (κ2) is 12.1. The highest BCUT2D eigenvalue weighted by molar-refractivity contribution is 4.93. The van der Waals surface area contributed by atoms with Crippen molar-refractivity contribution in [1.29, 1.82) is 0 Å². The van der Waals surface area contributed by atoms with Crippen LogP contribution >= 0.6 is 0 Å². The minimum absolute atomic E-state index is 0.377. The van der Waals surface area contributed by atoms with Crippen LogP contribution in [0.3, 0.4) is 0 Å². The van der Waals surface area contributed by atoms with Crippen molar-refractivity contribution in [3.05, 3.63) is 0 Å². The van der Waals surface area contributed by atoms with Gasteiger partial charge in [0.25, 0.3) is 0 Å². The molecule has 3 unspecified atom stereocenters. The number of hydrogen-bond donors (Lipinski definition) is 0. The number of hydrogen-bond acceptors (Lipinski definition) is 7. The smallest absolute Gasteiger partial charge is 0.104 e. The zero-order chi connectivity index (χ0) is 23.5. The van der Waals surface area contributed by atoms with E-state index in [2.05, 4.69) is 4.90 Å². The van der Waals surface area contributed by atoms with Crippen LogP contribution in [0.2, 0.25) is 0 Å². The highest BCUT2D eigenvalue weighted by Gasteiger charge is 2.39. The summed E-state index contributed by atoms with van der Waals surface area (Å²) in [6.45, 7) is 5.19. The van der Waals surface area contributed by atoms with Gasteiger partial charge in [-0.3, -0.25) is 4.90 Å². The molecule has 6 rings (SSSR count). The van der Waals surface area contributed by atoms with Gasteiger partial charge >= 0.3 is 0 Å². The average Bonchev–Trinajstić information content (AvgIpc) is 3.75. The molecule has 3 heterocycles. The molecule has 7 heteroatoms. The Hall–Kier alpha value is -0.280. The molecule has 3 saturated heterocycles. The van der Waals surface area contributed by atoms with Crippen molar-refractivity contribution in [2.24, 2.45) is 0 Å². The van der Waals surface area contributed by atoms with Gasteiger partial charge in [-0.2, -0.15) is 0 Å².